The number of nitrogens with one attached hydrogen (secondary N) is 3. The highest BCUT2D eigenvalue weighted by Gasteiger charge is 2.40. The van der Waals surface area contributed by atoms with Gasteiger partial charge in [0.05, 0.1) is 13.2 Å². The van der Waals surface area contributed by atoms with Gasteiger partial charge in [-0.25, -0.2) is 9.78 Å². The first kappa shape index (κ1) is 21.2. The molecule has 1 saturated heterocycles. The van der Waals surface area contributed by atoms with E-state index in [1.807, 2.05) is 29.7 Å². The number of amides is 1. The zero-order chi connectivity index (χ0) is 23.1. The fourth-order valence-electron chi connectivity index (χ4n) is 4.75. The van der Waals surface area contributed by atoms with E-state index >= 15 is 0 Å². The van der Waals surface area contributed by atoms with Crippen LogP contribution in [0.3, 0.4) is 0 Å². The average Bonchev–Trinajstić information content (AvgIpc) is 3.28. The van der Waals surface area contributed by atoms with Crippen molar-refractivity contribution in [2.45, 2.75) is 56.6 Å². The second kappa shape index (κ2) is 8.46. The molecule has 3 N–H and O–H groups in total. The molecular formula is C23H30N8O3. The van der Waals surface area contributed by atoms with E-state index in [0.29, 0.717) is 25.0 Å². The molecule has 3 aromatic heterocycles. The minimum atomic E-state index is -0.298. The quantitative estimate of drug-likeness (QED) is 0.507. The second-order valence-corrected chi connectivity index (χ2v) is 9.75. The molecule has 0 bridgehead atoms. The predicted molar refractivity (Wildman–Crippen MR) is 126 cm³/mol. The van der Waals surface area contributed by atoms with Gasteiger partial charge >= 0.3 is 6.09 Å². The number of rotatable bonds is 6. The lowest BCUT2D eigenvalue weighted by Crippen LogP contribution is -2.36. The van der Waals surface area contributed by atoms with Gasteiger partial charge in [-0.15, -0.1) is 0 Å². The summed E-state index contributed by atoms with van der Waals surface area (Å²) in [5, 5.41) is 13.9. The highest BCUT2D eigenvalue weighted by Crippen LogP contribution is 2.37. The number of carbonyl (C=O) groups excluding carboxylic acids is 1. The number of carbonyl (C=O) groups is 1. The Morgan fingerprint density at radius 3 is 2.94 bits per heavy atom. The first-order chi connectivity index (χ1) is 16.5. The molecule has 11 nitrogen and oxygen atoms in total. The van der Waals surface area contributed by atoms with Gasteiger partial charge in [0.25, 0.3) is 0 Å². The number of alkyl carbamates (subject to hydrolysis) is 1. The molecule has 11 heteroatoms. The Labute approximate surface area is 197 Å². The van der Waals surface area contributed by atoms with Crippen molar-refractivity contribution in [3.63, 3.8) is 0 Å². The van der Waals surface area contributed by atoms with Crippen molar-refractivity contribution in [3.8, 4) is 0 Å². The molecule has 3 fully saturated rings. The monoisotopic (exact) mass is 466 g/mol. The minimum absolute atomic E-state index is 0.0627. The summed E-state index contributed by atoms with van der Waals surface area (Å²) in [6.07, 6.45) is 7.93. The van der Waals surface area contributed by atoms with Gasteiger partial charge in [0.1, 0.15) is 17.6 Å². The second-order valence-electron chi connectivity index (χ2n) is 9.75. The Morgan fingerprint density at radius 2 is 2.12 bits per heavy atom. The van der Waals surface area contributed by atoms with Gasteiger partial charge in [-0.05, 0) is 39.0 Å². The Morgan fingerprint density at radius 1 is 1.26 bits per heavy atom. The molecule has 6 rings (SSSR count). The first-order valence-electron chi connectivity index (χ1n) is 12.0. The summed E-state index contributed by atoms with van der Waals surface area (Å²) in [5.74, 6) is 2.50. The molecule has 4 heterocycles. The maximum atomic E-state index is 12.1. The van der Waals surface area contributed by atoms with Crippen molar-refractivity contribution in [1.82, 2.24) is 29.9 Å². The SMILES string of the molecule is CC1(NC(=O)OC2CCC(c3cc(Nc4nc(N5CCOCC5)cc5nccn45)n[nH]3)C2)CC1. The number of fused-ring (bicyclic) bond motifs is 1. The van der Waals surface area contributed by atoms with Crippen molar-refractivity contribution in [1.29, 1.82) is 0 Å². The Kier molecular flexibility index (Phi) is 5.28. The highest BCUT2D eigenvalue weighted by molar-refractivity contribution is 5.69. The summed E-state index contributed by atoms with van der Waals surface area (Å²) in [7, 11) is 0. The molecule has 2 atom stereocenters. The van der Waals surface area contributed by atoms with Crippen molar-refractivity contribution in [2.24, 2.45) is 0 Å². The number of H-pyrrole nitrogens is 1. The minimum Gasteiger partial charge on any atom is -0.446 e. The van der Waals surface area contributed by atoms with Crippen molar-refractivity contribution in [3.05, 3.63) is 30.2 Å². The summed E-state index contributed by atoms with van der Waals surface area (Å²) in [6.45, 7) is 5.05. The van der Waals surface area contributed by atoms with Crippen LogP contribution < -0.4 is 15.5 Å². The Balaban J connectivity index is 1.13. The van der Waals surface area contributed by atoms with E-state index in [2.05, 4.69) is 30.7 Å². The lowest BCUT2D eigenvalue weighted by molar-refractivity contribution is 0.0967. The molecule has 0 aromatic carbocycles. The lowest BCUT2D eigenvalue weighted by Gasteiger charge is -2.28. The maximum absolute atomic E-state index is 12.1. The number of ether oxygens (including phenoxy) is 2. The van der Waals surface area contributed by atoms with Crippen molar-refractivity contribution < 1.29 is 14.3 Å². The summed E-state index contributed by atoms with van der Waals surface area (Å²) in [6, 6.07) is 4.01. The maximum Gasteiger partial charge on any atom is 0.407 e. The van der Waals surface area contributed by atoms with E-state index < -0.39 is 0 Å². The van der Waals surface area contributed by atoms with Gasteiger partial charge in [-0.3, -0.25) is 9.50 Å². The number of nitrogens with zero attached hydrogens (tertiary/aromatic N) is 5. The molecule has 3 aromatic rings. The molecule has 180 valence electrons. The zero-order valence-electron chi connectivity index (χ0n) is 19.3. The van der Waals surface area contributed by atoms with Gasteiger partial charge in [0.2, 0.25) is 5.95 Å². The van der Waals surface area contributed by atoms with Crippen molar-refractivity contribution in [2.75, 3.05) is 36.5 Å². The molecule has 2 aliphatic carbocycles. The van der Waals surface area contributed by atoms with Crippen LogP contribution in [0, 0.1) is 0 Å². The van der Waals surface area contributed by atoms with Crippen LogP contribution in [0.2, 0.25) is 0 Å². The molecule has 1 aliphatic heterocycles. The molecule has 0 spiro atoms. The van der Waals surface area contributed by atoms with Crippen molar-refractivity contribution >= 4 is 29.3 Å². The number of hydrogen-bond donors (Lipinski definition) is 3. The van der Waals surface area contributed by atoms with Crippen LogP contribution in [0.15, 0.2) is 24.5 Å². The number of aromatic amines is 1. The van der Waals surface area contributed by atoms with Crippen LogP contribution in [0.25, 0.3) is 5.65 Å². The Hall–Kier alpha value is -3.34. The Bertz CT molecular complexity index is 1180. The number of anilines is 3. The van der Waals surface area contributed by atoms with E-state index in [0.717, 1.165) is 62.4 Å². The van der Waals surface area contributed by atoms with E-state index in [4.69, 9.17) is 14.5 Å². The number of imidazole rings is 1. The summed E-state index contributed by atoms with van der Waals surface area (Å²) in [4.78, 5) is 23.6. The third kappa shape index (κ3) is 4.39. The van der Waals surface area contributed by atoms with Gasteiger partial charge in [0.15, 0.2) is 5.82 Å². The molecular weight excluding hydrogens is 436 g/mol. The van der Waals surface area contributed by atoms with Crippen LogP contribution in [0.5, 0.6) is 0 Å². The summed E-state index contributed by atoms with van der Waals surface area (Å²) < 4.78 is 13.0. The smallest absolute Gasteiger partial charge is 0.407 e. The number of morpholine rings is 1. The lowest BCUT2D eigenvalue weighted by atomic mass is 10.0. The van der Waals surface area contributed by atoms with E-state index in [1.54, 1.807) is 6.20 Å². The fourth-order valence-corrected chi connectivity index (χ4v) is 4.75. The largest absolute Gasteiger partial charge is 0.446 e. The van der Waals surface area contributed by atoms with Gasteiger partial charge in [-0.2, -0.15) is 10.1 Å². The zero-order valence-corrected chi connectivity index (χ0v) is 19.3. The number of aromatic nitrogens is 5. The van der Waals surface area contributed by atoms with Gasteiger partial charge < -0.3 is 25.0 Å². The summed E-state index contributed by atoms with van der Waals surface area (Å²) in [5.41, 5.74) is 1.80. The average molecular weight is 467 g/mol. The standard InChI is InChI=1S/C23H30N8O3/c1-23(4-5-23)27-22(32)34-16-3-2-15(12-16)17-13-18(29-28-17)25-21-26-20(30-8-10-33-11-9-30)14-19-24-6-7-31(19)21/h6-7,13-16H,2-5,8-12H2,1H3,(H,27,32)(H2,25,26,28,29). The van der Waals surface area contributed by atoms with E-state index in [1.165, 1.54) is 0 Å². The van der Waals surface area contributed by atoms with Gasteiger partial charge in [-0.1, -0.05) is 0 Å². The first-order valence-corrected chi connectivity index (χ1v) is 12.0. The normalized spacial score (nSPS) is 23.7. The predicted octanol–water partition coefficient (Wildman–Crippen LogP) is 2.95. The van der Waals surface area contributed by atoms with Crippen LogP contribution in [0.4, 0.5) is 22.4 Å². The summed E-state index contributed by atoms with van der Waals surface area (Å²) >= 11 is 0. The topological polar surface area (TPSA) is 122 Å². The number of hydrogen-bond acceptors (Lipinski definition) is 8. The van der Waals surface area contributed by atoms with Gasteiger partial charge in [0, 0.05) is 54.8 Å². The molecule has 34 heavy (non-hydrogen) atoms. The van der Waals surface area contributed by atoms with Crippen LogP contribution in [-0.4, -0.2) is 68.6 Å². The van der Waals surface area contributed by atoms with E-state index in [9.17, 15) is 4.79 Å². The fraction of sp³-hybridized carbons (Fsp3) is 0.565. The van der Waals surface area contributed by atoms with Crippen LogP contribution in [0.1, 0.15) is 50.6 Å². The third-order valence-corrected chi connectivity index (χ3v) is 7.05. The highest BCUT2D eigenvalue weighted by atomic mass is 16.6. The molecule has 3 aliphatic rings. The molecule has 2 saturated carbocycles. The van der Waals surface area contributed by atoms with Crippen LogP contribution >= 0.6 is 0 Å². The molecule has 0 radical (unpaired) electrons. The molecule has 2 unspecified atom stereocenters. The van der Waals surface area contributed by atoms with E-state index in [-0.39, 0.29) is 23.7 Å². The third-order valence-electron chi connectivity index (χ3n) is 7.05. The van der Waals surface area contributed by atoms with Crippen LogP contribution in [-0.2, 0) is 9.47 Å². The molecule has 1 amide bonds.